The van der Waals surface area contributed by atoms with Crippen molar-refractivity contribution < 1.29 is 38.5 Å². The number of hydrogen-bond acceptors (Lipinski definition) is 9. The molecule has 0 rings (SSSR count). The van der Waals surface area contributed by atoms with Gasteiger partial charge in [0.25, 0.3) is 0 Å². The number of carboxylic acid groups (broad SMARTS) is 1. The van der Waals surface area contributed by atoms with Crippen molar-refractivity contribution in [3.8, 4) is 0 Å². The lowest BCUT2D eigenvalue weighted by molar-refractivity contribution is -0.159. The zero-order chi connectivity index (χ0) is 26.7. The van der Waals surface area contributed by atoms with Gasteiger partial charge in [-0.1, -0.05) is 0 Å². The number of ether oxygens (including phenoxy) is 3. The maximum absolute atomic E-state index is 12.4. The molecule has 0 aromatic carbocycles. The zero-order valence-electron chi connectivity index (χ0n) is 22.4. The van der Waals surface area contributed by atoms with Crippen molar-refractivity contribution in [3.05, 3.63) is 0 Å². The first-order valence-electron chi connectivity index (χ1n) is 11.6. The van der Waals surface area contributed by atoms with Crippen LogP contribution in [0.3, 0.4) is 0 Å². The van der Waals surface area contributed by atoms with Crippen LogP contribution in [0.5, 0.6) is 0 Å². The van der Waals surface area contributed by atoms with Crippen molar-refractivity contribution in [3.63, 3.8) is 0 Å². The Morgan fingerprint density at radius 1 is 0.588 bits per heavy atom. The molecule has 0 spiro atoms. The molecule has 34 heavy (non-hydrogen) atoms. The SMILES string of the molecule is CC(C)(C)OC(=O)CCCN(CCN(CC(=O)O)CC(=O)OC(C)(C)C)CC(=O)OC(C)(C)C. The highest BCUT2D eigenvalue weighted by Crippen LogP contribution is 2.11. The summed E-state index contributed by atoms with van der Waals surface area (Å²) in [6, 6.07) is 0. The maximum atomic E-state index is 12.4. The first kappa shape index (κ1) is 31.8. The van der Waals surface area contributed by atoms with Gasteiger partial charge in [0, 0.05) is 19.5 Å². The van der Waals surface area contributed by atoms with Gasteiger partial charge in [0.15, 0.2) is 0 Å². The van der Waals surface area contributed by atoms with Crippen LogP contribution < -0.4 is 0 Å². The molecule has 0 saturated carbocycles. The van der Waals surface area contributed by atoms with Crippen LogP contribution in [0.1, 0.15) is 75.2 Å². The number of carbonyl (C=O) groups excluding carboxylic acids is 3. The van der Waals surface area contributed by atoms with E-state index in [4.69, 9.17) is 14.2 Å². The van der Waals surface area contributed by atoms with Crippen molar-refractivity contribution >= 4 is 23.9 Å². The number of carbonyl (C=O) groups is 4. The van der Waals surface area contributed by atoms with E-state index in [0.717, 1.165) is 0 Å². The lowest BCUT2D eigenvalue weighted by Gasteiger charge is -2.28. The standard InChI is InChI=1S/C24H44N2O8/c1-22(2,3)32-19(29)11-10-12-25(16-20(30)33-23(4,5)6)13-14-26(15-18(27)28)17-21(31)34-24(7,8)9/h10-17H2,1-9H3,(H,27,28). The lowest BCUT2D eigenvalue weighted by atomic mass is 10.2. The number of aliphatic carboxylic acids is 1. The smallest absolute Gasteiger partial charge is 0.320 e. The number of esters is 3. The van der Waals surface area contributed by atoms with Crippen LogP contribution in [0, 0.1) is 0 Å². The Kier molecular flexibility index (Phi) is 12.7. The number of nitrogens with zero attached hydrogens (tertiary/aromatic N) is 2. The minimum Gasteiger partial charge on any atom is -0.480 e. The Labute approximate surface area is 203 Å². The molecule has 0 aliphatic heterocycles. The maximum Gasteiger partial charge on any atom is 0.320 e. The summed E-state index contributed by atoms with van der Waals surface area (Å²) in [6.07, 6.45) is 0.627. The summed E-state index contributed by atoms with van der Waals surface area (Å²) in [5, 5.41) is 9.23. The van der Waals surface area contributed by atoms with Gasteiger partial charge < -0.3 is 19.3 Å². The molecule has 1 N–H and O–H groups in total. The molecule has 0 aromatic heterocycles. The molecule has 0 fully saturated rings. The second-order valence-corrected chi connectivity index (χ2v) is 11.2. The Morgan fingerprint density at radius 2 is 0.971 bits per heavy atom. The third-order valence-electron chi connectivity index (χ3n) is 3.91. The molecule has 0 aliphatic carbocycles. The molecule has 0 aromatic rings. The molecular weight excluding hydrogens is 444 g/mol. The second kappa shape index (κ2) is 13.6. The van der Waals surface area contributed by atoms with Crippen LogP contribution in [-0.4, -0.2) is 94.9 Å². The van der Waals surface area contributed by atoms with Crippen molar-refractivity contribution in [2.45, 2.75) is 92.0 Å². The molecule has 0 unspecified atom stereocenters. The first-order chi connectivity index (χ1) is 15.3. The van der Waals surface area contributed by atoms with Gasteiger partial charge in [-0.3, -0.25) is 29.0 Å². The topological polar surface area (TPSA) is 123 Å². The Bertz CT molecular complexity index is 687. The molecule has 0 saturated heterocycles. The summed E-state index contributed by atoms with van der Waals surface area (Å²) in [5.74, 6) is -2.37. The summed E-state index contributed by atoms with van der Waals surface area (Å²) in [4.78, 5) is 51.1. The zero-order valence-corrected chi connectivity index (χ0v) is 22.4. The van der Waals surface area contributed by atoms with Gasteiger partial charge in [-0.25, -0.2) is 0 Å². The van der Waals surface area contributed by atoms with E-state index in [1.165, 1.54) is 4.90 Å². The average molecular weight is 489 g/mol. The second-order valence-electron chi connectivity index (χ2n) is 11.2. The molecule has 198 valence electrons. The third-order valence-corrected chi connectivity index (χ3v) is 3.91. The Morgan fingerprint density at radius 3 is 1.38 bits per heavy atom. The Balaban J connectivity index is 5.13. The quantitative estimate of drug-likeness (QED) is 0.305. The highest BCUT2D eigenvalue weighted by atomic mass is 16.6. The monoisotopic (exact) mass is 488 g/mol. The molecule has 0 heterocycles. The van der Waals surface area contributed by atoms with E-state index in [1.807, 2.05) is 0 Å². The van der Waals surface area contributed by atoms with Crippen molar-refractivity contribution in [2.24, 2.45) is 0 Å². The van der Waals surface area contributed by atoms with Gasteiger partial charge in [0.05, 0.1) is 19.6 Å². The number of hydrogen-bond donors (Lipinski definition) is 1. The van der Waals surface area contributed by atoms with Gasteiger partial charge in [-0.2, -0.15) is 0 Å². The largest absolute Gasteiger partial charge is 0.480 e. The van der Waals surface area contributed by atoms with Crippen molar-refractivity contribution in [1.82, 2.24) is 9.80 Å². The number of carboxylic acids is 1. The molecule has 10 heteroatoms. The van der Waals surface area contributed by atoms with Crippen LogP contribution in [0.4, 0.5) is 0 Å². The highest BCUT2D eigenvalue weighted by molar-refractivity contribution is 5.74. The average Bonchev–Trinajstić information content (AvgIpc) is 2.53. The van der Waals surface area contributed by atoms with Crippen molar-refractivity contribution in [2.75, 3.05) is 39.3 Å². The van der Waals surface area contributed by atoms with E-state index in [0.29, 0.717) is 19.5 Å². The molecule has 0 atom stereocenters. The van der Waals surface area contributed by atoms with Crippen molar-refractivity contribution in [1.29, 1.82) is 0 Å². The van der Waals surface area contributed by atoms with Crippen LogP contribution in [0.25, 0.3) is 0 Å². The predicted octanol–water partition coefficient (Wildman–Crippen LogP) is 2.48. The number of rotatable bonds is 13. The summed E-state index contributed by atoms with van der Waals surface area (Å²) >= 11 is 0. The highest BCUT2D eigenvalue weighted by Gasteiger charge is 2.23. The predicted molar refractivity (Wildman–Crippen MR) is 127 cm³/mol. The van der Waals surface area contributed by atoms with Crippen LogP contribution in [0.15, 0.2) is 0 Å². The minimum atomic E-state index is -1.08. The van der Waals surface area contributed by atoms with Gasteiger partial charge in [-0.05, 0) is 75.3 Å². The van der Waals surface area contributed by atoms with Crippen LogP contribution in [0.2, 0.25) is 0 Å². The van der Waals surface area contributed by atoms with E-state index in [1.54, 1.807) is 67.2 Å². The lowest BCUT2D eigenvalue weighted by Crippen LogP contribution is -2.44. The van der Waals surface area contributed by atoms with E-state index in [2.05, 4.69) is 0 Å². The fraction of sp³-hybridized carbons (Fsp3) is 0.833. The summed E-state index contributed by atoms with van der Waals surface area (Å²) in [5.41, 5.74) is -1.91. The summed E-state index contributed by atoms with van der Waals surface area (Å²) in [6.45, 7) is 16.2. The molecule has 0 amide bonds. The van der Waals surface area contributed by atoms with E-state index < -0.39 is 34.7 Å². The van der Waals surface area contributed by atoms with Gasteiger partial charge in [0.1, 0.15) is 16.8 Å². The molecule has 0 aliphatic rings. The normalized spacial score (nSPS) is 12.6. The van der Waals surface area contributed by atoms with Gasteiger partial charge in [-0.15, -0.1) is 0 Å². The molecular formula is C24H44N2O8. The summed E-state index contributed by atoms with van der Waals surface area (Å²) < 4.78 is 16.0. The molecule has 0 radical (unpaired) electrons. The summed E-state index contributed by atoms with van der Waals surface area (Å²) in [7, 11) is 0. The van der Waals surface area contributed by atoms with E-state index >= 15 is 0 Å². The van der Waals surface area contributed by atoms with E-state index in [-0.39, 0.29) is 38.6 Å². The Hall–Kier alpha value is -2.20. The van der Waals surface area contributed by atoms with Gasteiger partial charge >= 0.3 is 23.9 Å². The van der Waals surface area contributed by atoms with Crippen LogP contribution in [-0.2, 0) is 33.4 Å². The third kappa shape index (κ3) is 19.3. The fourth-order valence-electron chi connectivity index (χ4n) is 2.91. The molecule has 0 bridgehead atoms. The first-order valence-corrected chi connectivity index (χ1v) is 11.6. The molecule has 10 nitrogen and oxygen atoms in total. The fourth-order valence-corrected chi connectivity index (χ4v) is 2.91. The van der Waals surface area contributed by atoms with Crippen LogP contribution >= 0.6 is 0 Å². The van der Waals surface area contributed by atoms with Gasteiger partial charge in [0.2, 0.25) is 0 Å². The van der Waals surface area contributed by atoms with E-state index in [9.17, 15) is 24.3 Å². The minimum absolute atomic E-state index is 0.0288.